The molecule has 2 aromatic rings. The van der Waals surface area contributed by atoms with Crippen molar-refractivity contribution in [1.82, 2.24) is 0 Å². The zero-order valence-electron chi connectivity index (χ0n) is 12.5. The van der Waals surface area contributed by atoms with Crippen molar-refractivity contribution in [2.75, 3.05) is 6.79 Å². The third kappa shape index (κ3) is 2.79. The monoisotopic (exact) mass is 294 g/mol. The van der Waals surface area contributed by atoms with Crippen molar-refractivity contribution in [3.63, 3.8) is 0 Å². The van der Waals surface area contributed by atoms with Gasteiger partial charge in [0.05, 0.1) is 0 Å². The standard InChI is InChI=1S/C19H18O3/c1-3-19(20,16-7-4-14(2)5-8-16)11-10-15-6-9-17-18(12-15)22-13-21-17/h1,4-9,12,20H,10-11,13H2,2H3. The van der Waals surface area contributed by atoms with E-state index in [0.717, 1.165) is 28.2 Å². The molecular weight excluding hydrogens is 276 g/mol. The number of ether oxygens (including phenoxy) is 2. The summed E-state index contributed by atoms with van der Waals surface area (Å²) in [5.74, 6) is 4.04. The molecule has 0 saturated heterocycles. The number of aryl methyl sites for hydroxylation is 2. The lowest BCUT2D eigenvalue weighted by atomic mass is 9.88. The maximum absolute atomic E-state index is 10.7. The molecule has 3 heteroatoms. The first-order chi connectivity index (χ1) is 10.6. The van der Waals surface area contributed by atoms with Crippen molar-refractivity contribution in [2.45, 2.75) is 25.4 Å². The van der Waals surface area contributed by atoms with E-state index in [1.807, 2.05) is 49.4 Å². The SMILES string of the molecule is C#CC(O)(CCc1ccc2c(c1)OCO2)c1ccc(C)cc1. The van der Waals surface area contributed by atoms with Crippen LogP contribution >= 0.6 is 0 Å². The molecule has 1 aliphatic rings. The van der Waals surface area contributed by atoms with Crippen molar-refractivity contribution in [1.29, 1.82) is 0 Å². The minimum atomic E-state index is -1.26. The van der Waals surface area contributed by atoms with E-state index >= 15 is 0 Å². The molecule has 0 bridgehead atoms. The molecule has 1 aliphatic heterocycles. The van der Waals surface area contributed by atoms with Crippen LogP contribution in [0.5, 0.6) is 11.5 Å². The van der Waals surface area contributed by atoms with E-state index in [9.17, 15) is 5.11 Å². The van der Waals surface area contributed by atoms with Gasteiger partial charge >= 0.3 is 0 Å². The first kappa shape index (κ1) is 14.5. The summed E-state index contributed by atoms with van der Waals surface area (Å²) in [7, 11) is 0. The summed E-state index contributed by atoms with van der Waals surface area (Å²) >= 11 is 0. The zero-order valence-corrected chi connectivity index (χ0v) is 12.5. The molecule has 112 valence electrons. The lowest BCUT2D eigenvalue weighted by Gasteiger charge is -2.23. The van der Waals surface area contributed by atoms with Gasteiger partial charge in [-0.2, -0.15) is 0 Å². The first-order valence-electron chi connectivity index (χ1n) is 7.26. The quantitative estimate of drug-likeness (QED) is 0.880. The Labute approximate surface area is 130 Å². The zero-order chi connectivity index (χ0) is 15.6. The van der Waals surface area contributed by atoms with E-state index in [1.165, 1.54) is 0 Å². The molecular formula is C19H18O3. The summed E-state index contributed by atoms with van der Waals surface area (Å²) in [6.07, 6.45) is 6.70. The third-order valence-corrected chi connectivity index (χ3v) is 3.98. The number of hydrogen-bond acceptors (Lipinski definition) is 3. The van der Waals surface area contributed by atoms with E-state index in [-0.39, 0.29) is 6.79 Å². The predicted octanol–water partition coefficient (Wildman–Crippen LogP) is 3.18. The maximum atomic E-state index is 10.7. The average molecular weight is 294 g/mol. The Morgan fingerprint density at radius 1 is 1.14 bits per heavy atom. The van der Waals surface area contributed by atoms with Gasteiger partial charge < -0.3 is 14.6 Å². The van der Waals surface area contributed by atoms with E-state index in [1.54, 1.807) is 0 Å². The molecule has 0 amide bonds. The molecule has 1 unspecified atom stereocenters. The lowest BCUT2D eigenvalue weighted by molar-refractivity contribution is 0.0907. The molecule has 3 rings (SSSR count). The van der Waals surface area contributed by atoms with Gasteiger partial charge in [0.15, 0.2) is 17.1 Å². The minimum Gasteiger partial charge on any atom is -0.454 e. The molecule has 0 aromatic heterocycles. The van der Waals surface area contributed by atoms with Gasteiger partial charge in [-0.1, -0.05) is 41.8 Å². The van der Waals surface area contributed by atoms with E-state index < -0.39 is 5.60 Å². The Morgan fingerprint density at radius 3 is 2.59 bits per heavy atom. The van der Waals surface area contributed by atoms with Gasteiger partial charge in [0.2, 0.25) is 6.79 Å². The number of aliphatic hydroxyl groups is 1. The van der Waals surface area contributed by atoms with Gasteiger partial charge in [-0.05, 0) is 43.0 Å². The van der Waals surface area contributed by atoms with Crippen molar-refractivity contribution in [2.24, 2.45) is 0 Å². The Balaban J connectivity index is 1.76. The fourth-order valence-corrected chi connectivity index (χ4v) is 2.55. The highest BCUT2D eigenvalue weighted by Crippen LogP contribution is 2.34. The van der Waals surface area contributed by atoms with Crippen molar-refractivity contribution in [3.05, 3.63) is 59.2 Å². The van der Waals surface area contributed by atoms with Gasteiger partial charge in [-0.15, -0.1) is 6.42 Å². The second-order valence-corrected chi connectivity index (χ2v) is 5.56. The maximum Gasteiger partial charge on any atom is 0.231 e. The molecule has 3 nitrogen and oxygen atoms in total. The van der Waals surface area contributed by atoms with Crippen molar-refractivity contribution in [3.8, 4) is 23.8 Å². The van der Waals surface area contributed by atoms with Crippen LogP contribution in [0.4, 0.5) is 0 Å². The molecule has 1 heterocycles. The number of rotatable bonds is 4. The highest BCUT2D eigenvalue weighted by molar-refractivity contribution is 5.44. The summed E-state index contributed by atoms with van der Waals surface area (Å²) in [6.45, 7) is 2.27. The van der Waals surface area contributed by atoms with Crippen LogP contribution in [-0.4, -0.2) is 11.9 Å². The molecule has 1 atom stereocenters. The Kier molecular flexibility index (Phi) is 3.79. The normalized spacial score (nSPS) is 15.1. The predicted molar refractivity (Wildman–Crippen MR) is 84.8 cm³/mol. The van der Waals surface area contributed by atoms with Crippen LogP contribution in [0, 0.1) is 19.3 Å². The second kappa shape index (κ2) is 5.75. The average Bonchev–Trinajstić information content (AvgIpc) is 3.01. The molecule has 2 aromatic carbocycles. The Hall–Kier alpha value is -2.44. The van der Waals surface area contributed by atoms with E-state index in [2.05, 4.69) is 5.92 Å². The van der Waals surface area contributed by atoms with Gasteiger partial charge in [0.1, 0.15) is 0 Å². The van der Waals surface area contributed by atoms with Gasteiger partial charge in [-0.25, -0.2) is 0 Å². The topological polar surface area (TPSA) is 38.7 Å². The van der Waals surface area contributed by atoms with Crippen molar-refractivity contribution < 1.29 is 14.6 Å². The lowest BCUT2D eigenvalue weighted by Crippen LogP contribution is -2.24. The first-order valence-corrected chi connectivity index (χ1v) is 7.26. The summed E-state index contributed by atoms with van der Waals surface area (Å²) in [4.78, 5) is 0. The fourth-order valence-electron chi connectivity index (χ4n) is 2.55. The number of fused-ring (bicyclic) bond motifs is 1. The third-order valence-electron chi connectivity index (χ3n) is 3.98. The number of hydrogen-bond donors (Lipinski definition) is 1. The fraction of sp³-hybridized carbons (Fsp3) is 0.263. The highest BCUT2D eigenvalue weighted by Gasteiger charge is 2.26. The van der Waals surface area contributed by atoms with E-state index in [0.29, 0.717) is 12.8 Å². The van der Waals surface area contributed by atoms with Gasteiger partial charge in [0.25, 0.3) is 0 Å². The smallest absolute Gasteiger partial charge is 0.231 e. The summed E-state index contributed by atoms with van der Waals surface area (Å²) in [5, 5.41) is 10.7. The molecule has 1 N–H and O–H groups in total. The van der Waals surface area contributed by atoms with Gasteiger partial charge in [0, 0.05) is 0 Å². The molecule has 0 aliphatic carbocycles. The van der Waals surface area contributed by atoms with Crippen molar-refractivity contribution >= 4 is 0 Å². The van der Waals surface area contributed by atoms with Crippen LogP contribution in [0.15, 0.2) is 42.5 Å². The molecule has 0 saturated carbocycles. The van der Waals surface area contributed by atoms with Crippen LogP contribution in [-0.2, 0) is 12.0 Å². The van der Waals surface area contributed by atoms with Crippen LogP contribution in [0.1, 0.15) is 23.1 Å². The molecule has 0 fully saturated rings. The van der Waals surface area contributed by atoms with Crippen LogP contribution in [0.3, 0.4) is 0 Å². The molecule has 0 radical (unpaired) electrons. The van der Waals surface area contributed by atoms with Crippen LogP contribution < -0.4 is 9.47 Å². The summed E-state index contributed by atoms with van der Waals surface area (Å²) < 4.78 is 10.7. The minimum absolute atomic E-state index is 0.260. The van der Waals surface area contributed by atoms with Crippen LogP contribution in [0.25, 0.3) is 0 Å². The number of benzene rings is 2. The summed E-state index contributed by atoms with van der Waals surface area (Å²) in [5.41, 5.74) is 1.69. The highest BCUT2D eigenvalue weighted by atomic mass is 16.7. The second-order valence-electron chi connectivity index (χ2n) is 5.56. The van der Waals surface area contributed by atoms with Crippen LogP contribution in [0.2, 0.25) is 0 Å². The Bertz CT molecular complexity index is 712. The van der Waals surface area contributed by atoms with E-state index in [4.69, 9.17) is 15.9 Å². The molecule has 22 heavy (non-hydrogen) atoms. The molecule has 0 spiro atoms. The Morgan fingerprint density at radius 2 is 1.86 bits per heavy atom. The number of terminal acetylenes is 1. The van der Waals surface area contributed by atoms with Gasteiger partial charge in [-0.3, -0.25) is 0 Å². The largest absolute Gasteiger partial charge is 0.454 e. The summed E-state index contributed by atoms with van der Waals surface area (Å²) in [6, 6.07) is 13.5.